The van der Waals surface area contributed by atoms with Crippen LogP contribution < -0.4 is 5.73 Å². The van der Waals surface area contributed by atoms with E-state index >= 15 is 0 Å². The Balaban J connectivity index is 1.92. The van der Waals surface area contributed by atoms with Crippen molar-refractivity contribution in [2.75, 3.05) is 5.73 Å². The minimum Gasteiger partial charge on any atom is -0.425 e. The van der Waals surface area contributed by atoms with Gasteiger partial charge in [-0.3, -0.25) is 4.98 Å². The quantitative estimate of drug-likeness (QED) is 0.550. The van der Waals surface area contributed by atoms with Crippen LogP contribution in [0, 0.1) is 5.82 Å². The molecular weight excluding hydrogens is 311 g/mol. The molecule has 0 aliphatic rings. The fourth-order valence-corrected chi connectivity index (χ4v) is 2.43. The molecule has 0 unspecified atom stereocenters. The number of nitrogens with zero attached hydrogens (tertiary/aromatic N) is 5. The molecule has 0 saturated carbocycles. The Hall–Kier alpha value is -3.55. The summed E-state index contributed by atoms with van der Waals surface area (Å²) in [5.41, 5.74) is 7.31. The number of nitrogens with two attached hydrogens (primary N) is 1. The Morgan fingerprint density at radius 1 is 1.00 bits per heavy atom. The second kappa shape index (κ2) is 5.27. The van der Waals surface area contributed by atoms with Crippen molar-refractivity contribution in [3.8, 4) is 22.8 Å². The highest BCUT2D eigenvalue weighted by Gasteiger charge is 2.17. The highest BCUT2D eigenvalue weighted by Crippen LogP contribution is 2.27. The van der Waals surface area contributed by atoms with Crippen LogP contribution in [0.1, 0.15) is 0 Å². The van der Waals surface area contributed by atoms with Gasteiger partial charge in [0, 0.05) is 12.4 Å². The number of imidazole rings is 1. The van der Waals surface area contributed by atoms with Gasteiger partial charge in [0.05, 0.1) is 11.3 Å². The van der Waals surface area contributed by atoms with E-state index in [1.165, 1.54) is 18.3 Å². The molecule has 8 heteroatoms. The Labute approximate surface area is 135 Å². The summed E-state index contributed by atoms with van der Waals surface area (Å²) in [6.07, 6.45) is 3.02. The van der Waals surface area contributed by atoms with Crippen molar-refractivity contribution in [1.29, 1.82) is 0 Å². The van der Waals surface area contributed by atoms with Crippen molar-refractivity contribution >= 4 is 17.0 Å². The fourth-order valence-electron chi connectivity index (χ4n) is 2.43. The summed E-state index contributed by atoms with van der Waals surface area (Å²) in [6, 6.07) is 9.40. The Kier molecular flexibility index (Phi) is 3.09. The number of halogens is 1. The minimum absolute atomic E-state index is 0.100. The lowest BCUT2D eigenvalue weighted by Crippen LogP contribution is -2.00. The van der Waals surface area contributed by atoms with Crippen LogP contribution in [0.4, 0.5) is 10.2 Å². The standard InChI is InChI=1S/C16H11FN6O/c17-10-4-2-7-19-13(10)11-5-6-12-16(21-11)23(24)15(22-12)9-3-1-8-20-14(9)18/h1-8,24H,(H2,18,20). The predicted octanol–water partition coefficient (Wildman–Crippen LogP) is 2.51. The molecular formula is C16H11FN6O. The van der Waals surface area contributed by atoms with Crippen molar-refractivity contribution in [2.45, 2.75) is 0 Å². The van der Waals surface area contributed by atoms with Crippen LogP contribution in [0.5, 0.6) is 0 Å². The van der Waals surface area contributed by atoms with Crippen molar-refractivity contribution < 1.29 is 9.60 Å². The second-order valence-electron chi connectivity index (χ2n) is 5.06. The molecule has 0 saturated heterocycles. The average Bonchev–Trinajstić information content (AvgIpc) is 2.92. The van der Waals surface area contributed by atoms with Gasteiger partial charge in [0.2, 0.25) is 0 Å². The van der Waals surface area contributed by atoms with Gasteiger partial charge < -0.3 is 10.9 Å². The zero-order valence-electron chi connectivity index (χ0n) is 12.3. The smallest absolute Gasteiger partial charge is 0.197 e. The van der Waals surface area contributed by atoms with Gasteiger partial charge in [-0.2, -0.15) is 0 Å². The minimum atomic E-state index is -0.495. The second-order valence-corrected chi connectivity index (χ2v) is 5.06. The van der Waals surface area contributed by atoms with Gasteiger partial charge in [-0.1, -0.05) is 0 Å². The van der Waals surface area contributed by atoms with Crippen LogP contribution in [0.15, 0.2) is 48.8 Å². The van der Waals surface area contributed by atoms with Gasteiger partial charge in [0.15, 0.2) is 17.3 Å². The first-order valence-corrected chi connectivity index (χ1v) is 7.05. The number of pyridine rings is 3. The molecule has 0 bridgehead atoms. The molecule has 118 valence electrons. The summed E-state index contributed by atoms with van der Waals surface area (Å²) in [6.45, 7) is 0. The van der Waals surface area contributed by atoms with Gasteiger partial charge in [0.25, 0.3) is 0 Å². The number of hydrogen-bond donors (Lipinski definition) is 2. The molecule has 4 heterocycles. The summed E-state index contributed by atoms with van der Waals surface area (Å²) in [5.74, 6) is -0.0501. The molecule has 4 aromatic rings. The van der Waals surface area contributed by atoms with Gasteiger partial charge in [-0.15, -0.1) is 4.73 Å². The number of fused-ring (bicyclic) bond motifs is 1. The number of nitrogen functional groups attached to an aromatic ring is 1. The Bertz CT molecular complexity index is 1060. The van der Waals surface area contributed by atoms with Gasteiger partial charge in [-0.05, 0) is 36.4 Å². The first kappa shape index (κ1) is 14.1. The van der Waals surface area contributed by atoms with Gasteiger partial charge in [-0.25, -0.2) is 19.3 Å². The molecule has 4 rings (SSSR count). The van der Waals surface area contributed by atoms with E-state index in [9.17, 15) is 9.60 Å². The topological polar surface area (TPSA) is 103 Å². The third-order valence-corrected chi connectivity index (χ3v) is 3.56. The maximum atomic E-state index is 13.9. The molecule has 0 aliphatic carbocycles. The molecule has 0 atom stereocenters. The van der Waals surface area contributed by atoms with Crippen LogP contribution in [0.25, 0.3) is 33.9 Å². The molecule has 0 spiro atoms. The number of aromatic nitrogens is 5. The van der Waals surface area contributed by atoms with Crippen LogP contribution in [-0.2, 0) is 0 Å². The maximum Gasteiger partial charge on any atom is 0.197 e. The van der Waals surface area contributed by atoms with Crippen LogP contribution >= 0.6 is 0 Å². The van der Waals surface area contributed by atoms with E-state index < -0.39 is 5.82 Å². The normalized spacial score (nSPS) is 11.0. The lowest BCUT2D eigenvalue weighted by Gasteiger charge is -2.03. The summed E-state index contributed by atoms with van der Waals surface area (Å²) in [5, 5.41) is 10.4. The molecule has 0 amide bonds. The van der Waals surface area contributed by atoms with Crippen LogP contribution in [0.3, 0.4) is 0 Å². The lowest BCUT2D eigenvalue weighted by molar-refractivity contribution is 0.201. The van der Waals surface area contributed by atoms with Crippen molar-refractivity contribution in [3.05, 3.63) is 54.6 Å². The van der Waals surface area contributed by atoms with Gasteiger partial charge >= 0.3 is 0 Å². The van der Waals surface area contributed by atoms with E-state index in [1.807, 2.05) is 0 Å². The van der Waals surface area contributed by atoms with Crippen molar-refractivity contribution in [3.63, 3.8) is 0 Å². The van der Waals surface area contributed by atoms with E-state index in [0.717, 1.165) is 4.73 Å². The summed E-state index contributed by atoms with van der Waals surface area (Å²) in [4.78, 5) is 16.5. The fraction of sp³-hybridized carbons (Fsp3) is 0. The monoisotopic (exact) mass is 322 g/mol. The third kappa shape index (κ3) is 2.12. The molecule has 0 radical (unpaired) electrons. The zero-order valence-corrected chi connectivity index (χ0v) is 12.3. The predicted molar refractivity (Wildman–Crippen MR) is 85.5 cm³/mol. The highest BCUT2D eigenvalue weighted by molar-refractivity contribution is 5.81. The Morgan fingerprint density at radius 2 is 1.79 bits per heavy atom. The SMILES string of the molecule is Nc1ncccc1-c1nc2ccc(-c3ncccc3F)nc2n1O. The summed E-state index contributed by atoms with van der Waals surface area (Å²) in [7, 11) is 0. The zero-order chi connectivity index (χ0) is 16.7. The van der Waals surface area contributed by atoms with Crippen molar-refractivity contribution in [1.82, 2.24) is 24.7 Å². The molecule has 0 aromatic carbocycles. The molecule has 24 heavy (non-hydrogen) atoms. The van der Waals surface area contributed by atoms with Gasteiger partial charge in [0.1, 0.15) is 17.0 Å². The van der Waals surface area contributed by atoms with E-state index in [-0.39, 0.29) is 23.0 Å². The number of hydrogen-bond acceptors (Lipinski definition) is 6. The van der Waals surface area contributed by atoms with E-state index in [2.05, 4.69) is 19.9 Å². The lowest BCUT2D eigenvalue weighted by atomic mass is 10.2. The van der Waals surface area contributed by atoms with Crippen LogP contribution in [0.2, 0.25) is 0 Å². The summed E-state index contributed by atoms with van der Waals surface area (Å²) >= 11 is 0. The summed E-state index contributed by atoms with van der Waals surface area (Å²) < 4.78 is 14.7. The number of rotatable bonds is 2. The molecule has 4 aromatic heterocycles. The van der Waals surface area contributed by atoms with E-state index in [1.54, 1.807) is 30.5 Å². The number of anilines is 1. The molecule has 7 nitrogen and oxygen atoms in total. The van der Waals surface area contributed by atoms with E-state index in [4.69, 9.17) is 5.73 Å². The molecule has 3 N–H and O–H groups in total. The van der Waals surface area contributed by atoms with Crippen molar-refractivity contribution in [2.24, 2.45) is 0 Å². The molecule has 0 aliphatic heterocycles. The first-order valence-electron chi connectivity index (χ1n) is 7.05. The van der Waals surface area contributed by atoms with Crippen LogP contribution in [-0.4, -0.2) is 29.9 Å². The average molecular weight is 322 g/mol. The molecule has 0 fully saturated rings. The highest BCUT2D eigenvalue weighted by atomic mass is 19.1. The third-order valence-electron chi connectivity index (χ3n) is 3.56. The van der Waals surface area contributed by atoms with E-state index in [0.29, 0.717) is 16.8 Å². The largest absolute Gasteiger partial charge is 0.425 e. The Morgan fingerprint density at radius 3 is 2.58 bits per heavy atom. The first-order chi connectivity index (χ1) is 11.6. The maximum absolute atomic E-state index is 13.9.